The van der Waals surface area contributed by atoms with Gasteiger partial charge < -0.3 is 4.90 Å². The fourth-order valence-corrected chi connectivity index (χ4v) is 2.49. The zero-order valence-electron chi connectivity index (χ0n) is 9.85. The Labute approximate surface area is 104 Å². The molecule has 7 heteroatoms. The lowest BCUT2D eigenvalue weighted by molar-refractivity contribution is 0.0952. The van der Waals surface area contributed by atoms with Crippen LogP contribution in [-0.2, 0) is 6.54 Å². The minimum atomic E-state index is -0.320. The number of aromatic nitrogens is 1. The highest BCUT2D eigenvalue weighted by Crippen LogP contribution is 2.12. The van der Waals surface area contributed by atoms with Crippen molar-refractivity contribution in [2.45, 2.75) is 6.54 Å². The van der Waals surface area contributed by atoms with Gasteiger partial charge in [-0.3, -0.25) is 15.1 Å². The fourth-order valence-electron chi connectivity index (χ4n) is 1.78. The molecule has 0 atom stereocenters. The van der Waals surface area contributed by atoms with Crippen molar-refractivity contribution >= 4 is 17.2 Å². The second-order valence-electron chi connectivity index (χ2n) is 4.20. The highest BCUT2D eigenvalue weighted by Gasteiger charge is 2.16. The molecule has 1 aromatic rings. The molecule has 2 rings (SSSR count). The summed E-state index contributed by atoms with van der Waals surface area (Å²) >= 11 is 1.33. The molecular formula is C10H17N5OS. The van der Waals surface area contributed by atoms with Gasteiger partial charge in [-0.05, 0) is 7.05 Å². The Morgan fingerprint density at radius 1 is 1.53 bits per heavy atom. The van der Waals surface area contributed by atoms with E-state index in [0.29, 0.717) is 5.01 Å². The number of thiazole rings is 1. The van der Waals surface area contributed by atoms with Crippen molar-refractivity contribution in [2.24, 2.45) is 5.84 Å². The molecule has 0 saturated carbocycles. The van der Waals surface area contributed by atoms with Crippen molar-refractivity contribution in [2.75, 3.05) is 33.2 Å². The molecule has 6 nitrogen and oxygen atoms in total. The molecule has 94 valence electrons. The zero-order valence-corrected chi connectivity index (χ0v) is 10.7. The van der Waals surface area contributed by atoms with E-state index in [-0.39, 0.29) is 5.91 Å². The number of hydrogen-bond acceptors (Lipinski definition) is 6. The van der Waals surface area contributed by atoms with E-state index in [1.807, 2.05) is 5.38 Å². The van der Waals surface area contributed by atoms with E-state index in [2.05, 4.69) is 27.3 Å². The van der Waals surface area contributed by atoms with Gasteiger partial charge in [-0.2, -0.15) is 0 Å². The van der Waals surface area contributed by atoms with Gasteiger partial charge in [0.05, 0.1) is 5.69 Å². The summed E-state index contributed by atoms with van der Waals surface area (Å²) in [5, 5.41) is 2.35. The van der Waals surface area contributed by atoms with Crippen LogP contribution < -0.4 is 11.3 Å². The van der Waals surface area contributed by atoms with Gasteiger partial charge in [-0.25, -0.2) is 10.8 Å². The largest absolute Gasteiger partial charge is 0.304 e. The first-order valence-corrected chi connectivity index (χ1v) is 6.43. The number of rotatable bonds is 3. The lowest BCUT2D eigenvalue weighted by Crippen LogP contribution is -2.43. The van der Waals surface area contributed by atoms with Crippen LogP contribution >= 0.6 is 11.3 Å². The summed E-state index contributed by atoms with van der Waals surface area (Å²) < 4.78 is 0. The molecule has 1 aliphatic rings. The Bertz CT molecular complexity index is 386. The van der Waals surface area contributed by atoms with E-state index in [1.165, 1.54) is 11.3 Å². The highest BCUT2D eigenvalue weighted by atomic mass is 32.1. The SMILES string of the molecule is CN1CCN(Cc2csc(C(=O)NN)n2)CC1. The molecule has 1 amide bonds. The minimum Gasteiger partial charge on any atom is -0.304 e. The second-order valence-corrected chi connectivity index (χ2v) is 5.05. The number of piperazine rings is 1. The number of nitrogens with two attached hydrogens (primary N) is 1. The normalized spacial score (nSPS) is 18.2. The predicted molar refractivity (Wildman–Crippen MR) is 66.5 cm³/mol. The van der Waals surface area contributed by atoms with Crippen LogP contribution in [0.2, 0.25) is 0 Å². The van der Waals surface area contributed by atoms with E-state index in [9.17, 15) is 4.79 Å². The van der Waals surface area contributed by atoms with Gasteiger partial charge in [0.1, 0.15) is 0 Å². The molecule has 1 fully saturated rings. The molecule has 1 saturated heterocycles. The third-order valence-electron chi connectivity index (χ3n) is 2.86. The molecule has 3 N–H and O–H groups in total. The maximum Gasteiger partial charge on any atom is 0.294 e. The zero-order chi connectivity index (χ0) is 12.3. The van der Waals surface area contributed by atoms with E-state index >= 15 is 0 Å². The Morgan fingerprint density at radius 3 is 2.88 bits per heavy atom. The van der Waals surface area contributed by atoms with Gasteiger partial charge in [0, 0.05) is 38.1 Å². The van der Waals surface area contributed by atoms with Crippen molar-refractivity contribution < 1.29 is 4.79 Å². The first kappa shape index (κ1) is 12.4. The van der Waals surface area contributed by atoms with Crippen molar-refractivity contribution in [3.63, 3.8) is 0 Å². The van der Waals surface area contributed by atoms with Gasteiger partial charge in [-0.15, -0.1) is 11.3 Å². The first-order chi connectivity index (χ1) is 8.19. The number of likely N-dealkylation sites (N-methyl/N-ethyl adjacent to an activating group) is 1. The second kappa shape index (κ2) is 5.54. The topological polar surface area (TPSA) is 74.5 Å². The standard InChI is InChI=1S/C10H17N5OS/c1-14-2-4-15(5-3-14)6-8-7-17-10(12-8)9(16)13-11/h7H,2-6,11H2,1H3,(H,13,16). The summed E-state index contributed by atoms with van der Waals surface area (Å²) in [5.74, 6) is 4.74. The smallest absolute Gasteiger partial charge is 0.294 e. The number of amides is 1. The molecule has 1 aliphatic heterocycles. The predicted octanol–water partition coefficient (Wildman–Crippen LogP) is -0.506. The molecular weight excluding hydrogens is 238 g/mol. The maximum absolute atomic E-state index is 11.3. The summed E-state index contributed by atoms with van der Waals surface area (Å²) in [5.41, 5.74) is 3.04. The number of carbonyl (C=O) groups excluding carboxylic acids is 1. The van der Waals surface area contributed by atoms with Crippen LogP contribution in [-0.4, -0.2) is 53.9 Å². The average molecular weight is 255 g/mol. The van der Waals surface area contributed by atoms with Crippen LogP contribution in [0.15, 0.2) is 5.38 Å². The summed E-state index contributed by atoms with van der Waals surface area (Å²) in [6.07, 6.45) is 0. The lowest BCUT2D eigenvalue weighted by atomic mass is 10.3. The summed E-state index contributed by atoms with van der Waals surface area (Å²) in [4.78, 5) is 20.2. The number of hydrogen-bond donors (Lipinski definition) is 2. The number of nitrogens with zero attached hydrogens (tertiary/aromatic N) is 3. The Hall–Kier alpha value is -1.02. The Balaban J connectivity index is 1.90. The van der Waals surface area contributed by atoms with E-state index < -0.39 is 0 Å². The number of carbonyl (C=O) groups is 1. The monoisotopic (exact) mass is 255 g/mol. The molecule has 2 heterocycles. The van der Waals surface area contributed by atoms with Gasteiger partial charge >= 0.3 is 0 Å². The molecule has 0 aromatic carbocycles. The van der Waals surface area contributed by atoms with Crippen LogP contribution in [0.5, 0.6) is 0 Å². The fraction of sp³-hybridized carbons (Fsp3) is 0.600. The number of nitrogens with one attached hydrogen (secondary N) is 1. The minimum absolute atomic E-state index is 0.320. The number of hydrazine groups is 1. The first-order valence-electron chi connectivity index (χ1n) is 5.55. The van der Waals surface area contributed by atoms with Crippen LogP contribution in [0.3, 0.4) is 0 Å². The summed E-state index contributed by atoms with van der Waals surface area (Å²) in [6.45, 7) is 5.07. The third kappa shape index (κ3) is 3.22. The van der Waals surface area contributed by atoms with Gasteiger partial charge in [0.15, 0.2) is 5.01 Å². The third-order valence-corrected chi connectivity index (χ3v) is 3.75. The molecule has 0 unspecified atom stereocenters. The highest BCUT2D eigenvalue weighted by molar-refractivity contribution is 7.11. The van der Waals surface area contributed by atoms with E-state index in [4.69, 9.17) is 5.84 Å². The van der Waals surface area contributed by atoms with Gasteiger partial charge in [0.2, 0.25) is 0 Å². The lowest BCUT2D eigenvalue weighted by Gasteiger charge is -2.31. The van der Waals surface area contributed by atoms with Crippen molar-refractivity contribution in [3.05, 3.63) is 16.1 Å². The summed E-state index contributed by atoms with van der Waals surface area (Å²) in [6, 6.07) is 0. The van der Waals surface area contributed by atoms with Gasteiger partial charge in [0.25, 0.3) is 5.91 Å². The Morgan fingerprint density at radius 2 is 2.24 bits per heavy atom. The van der Waals surface area contributed by atoms with E-state index in [1.54, 1.807) is 0 Å². The molecule has 0 radical (unpaired) electrons. The molecule has 0 spiro atoms. The van der Waals surface area contributed by atoms with Crippen LogP contribution in [0.1, 0.15) is 15.5 Å². The van der Waals surface area contributed by atoms with Crippen molar-refractivity contribution in [1.29, 1.82) is 0 Å². The van der Waals surface area contributed by atoms with Crippen molar-refractivity contribution in [3.8, 4) is 0 Å². The van der Waals surface area contributed by atoms with Crippen LogP contribution in [0.4, 0.5) is 0 Å². The number of nitrogen functional groups attached to an aromatic ring is 1. The summed E-state index contributed by atoms with van der Waals surface area (Å²) in [7, 11) is 2.13. The molecule has 0 bridgehead atoms. The molecule has 17 heavy (non-hydrogen) atoms. The van der Waals surface area contributed by atoms with Crippen LogP contribution in [0, 0.1) is 0 Å². The quantitative estimate of drug-likeness (QED) is 0.432. The maximum atomic E-state index is 11.3. The van der Waals surface area contributed by atoms with Crippen LogP contribution in [0.25, 0.3) is 0 Å². The van der Waals surface area contributed by atoms with Crippen molar-refractivity contribution in [1.82, 2.24) is 20.2 Å². The molecule has 0 aliphatic carbocycles. The Kier molecular flexibility index (Phi) is 4.06. The van der Waals surface area contributed by atoms with E-state index in [0.717, 1.165) is 38.4 Å². The average Bonchev–Trinajstić information content (AvgIpc) is 2.80. The van der Waals surface area contributed by atoms with Gasteiger partial charge in [-0.1, -0.05) is 0 Å². The molecule has 1 aromatic heterocycles.